The van der Waals surface area contributed by atoms with Crippen molar-refractivity contribution in [3.8, 4) is 5.69 Å². The number of hydrogen-bond donors (Lipinski definition) is 0. The molecule has 0 fully saturated rings. The van der Waals surface area contributed by atoms with Crippen molar-refractivity contribution < 1.29 is 4.39 Å². The molecule has 1 atom stereocenters. The van der Waals surface area contributed by atoms with Gasteiger partial charge in [0.05, 0.1) is 22.2 Å². The van der Waals surface area contributed by atoms with Gasteiger partial charge in [-0.1, -0.05) is 158 Å². The van der Waals surface area contributed by atoms with E-state index >= 15 is 4.39 Å². The second-order valence-electron chi connectivity index (χ2n) is 16.6. The molecule has 1 aliphatic rings. The molecular formula is C57H38FN5Si. The van der Waals surface area contributed by atoms with Gasteiger partial charge in [-0.3, -0.25) is 9.30 Å². The predicted octanol–water partition coefficient (Wildman–Crippen LogP) is 11.4. The molecule has 0 aliphatic carbocycles. The smallest absolute Gasteiger partial charge is 0.186 e. The molecule has 12 aromatic rings. The first-order valence-electron chi connectivity index (χ1n) is 21.7. The summed E-state index contributed by atoms with van der Waals surface area (Å²) < 4.78 is 22.1. The van der Waals surface area contributed by atoms with Gasteiger partial charge in [0.1, 0.15) is 11.5 Å². The number of anilines is 3. The molecule has 1 aliphatic heterocycles. The number of benzene rings is 8. The number of halogens is 1. The molecule has 0 amide bonds. The maximum Gasteiger partial charge on any atom is 0.186 e. The number of hydrogen-bond acceptors (Lipinski definition) is 3. The summed E-state index contributed by atoms with van der Waals surface area (Å²) in [5, 5.41) is 10.3. The van der Waals surface area contributed by atoms with Crippen LogP contribution in [0.1, 0.15) is 17.3 Å². The molecule has 0 saturated heterocycles. The van der Waals surface area contributed by atoms with Crippen LogP contribution >= 0.6 is 0 Å². The van der Waals surface area contributed by atoms with Gasteiger partial charge in [0.2, 0.25) is 0 Å². The van der Waals surface area contributed by atoms with Crippen molar-refractivity contribution in [2.75, 3.05) is 4.90 Å². The van der Waals surface area contributed by atoms with E-state index < -0.39 is 14.2 Å². The Morgan fingerprint density at radius 1 is 0.453 bits per heavy atom. The van der Waals surface area contributed by atoms with Gasteiger partial charge in [-0.05, 0) is 85.8 Å². The summed E-state index contributed by atoms with van der Waals surface area (Å²) in [7, 11) is -3.09. The van der Waals surface area contributed by atoms with Crippen LogP contribution in [0.4, 0.5) is 21.6 Å². The monoisotopic (exact) mass is 839 g/mol. The van der Waals surface area contributed by atoms with Gasteiger partial charge >= 0.3 is 0 Å². The zero-order valence-corrected chi connectivity index (χ0v) is 35.6. The van der Waals surface area contributed by atoms with E-state index in [2.05, 4.69) is 178 Å². The van der Waals surface area contributed by atoms with E-state index in [0.29, 0.717) is 11.1 Å². The van der Waals surface area contributed by atoms with Crippen LogP contribution in [0.2, 0.25) is 0 Å². The maximum absolute atomic E-state index is 17.6. The first-order chi connectivity index (χ1) is 31.7. The zero-order chi connectivity index (χ0) is 42.4. The Kier molecular flexibility index (Phi) is 8.10. The van der Waals surface area contributed by atoms with Crippen molar-refractivity contribution in [2.24, 2.45) is 0 Å². The maximum atomic E-state index is 17.6. The lowest BCUT2D eigenvalue weighted by molar-refractivity contribution is 0.402. The summed E-state index contributed by atoms with van der Waals surface area (Å²) in [6.45, 7) is 0. The lowest BCUT2D eigenvalue weighted by Crippen LogP contribution is -2.77. The second-order valence-corrected chi connectivity index (χ2v) is 20.4. The molecule has 1 unspecified atom stereocenters. The Morgan fingerprint density at radius 2 is 1.09 bits per heavy atom. The highest BCUT2D eigenvalue weighted by atomic mass is 28.3. The number of imidazole rings is 1. The van der Waals surface area contributed by atoms with Crippen molar-refractivity contribution in [1.82, 2.24) is 18.9 Å². The van der Waals surface area contributed by atoms with Crippen LogP contribution < -0.4 is 25.6 Å². The van der Waals surface area contributed by atoms with Gasteiger partial charge < -0.3 is 4.57 Å². The highest BCUT2D eigenvalue weighted by molar-refractivity contribution is 7.21. The molecule has 64 heavy (non-hydrogen) atoms. The van der Waals surface area contributed by atoms with Crippen molar-refractivity contribution in [2.45, 2.75) is 6.17 Å². The molecular weight excluding hydrogens is 802 g/mol. The molecule has 4 aromatic heterocycles. The molecule has 0 radical (unpaired) electrons. The topological polar surface area (TPSA) is 38.4 Å². The molecule has 0 spiro atoms. The van der Waals surface area contributed by atoms with Crippen LogP contribution in [0.5, 0.6) is 0 Å². The van der Waals surface area contributed by atoms with Gasteiger partial charge in [0.25, 0.3) is 0 Å². The third-order valence-electron chi connectivity index (χ3n) is 13.4. The quantitative estimate of drug-likeness (QED) is 0.124. The molecule has 8 aromatic carbocycles. The normalized spacial score (nSPS) is 13.7. The van der Waals surface area contributed by atoms with Gasteiger partial charge in [0.15, 0.2) is 14.2 Å². The van der Waals surface area contributed by atoms with Crippen LogP contribution in [0.15, 0.2) is 225 Å². The highest BCUT2D eigenvalue weighted by Crippen LogP contribution is 2.46. The molecule has 7 heteroatoms. The Labute approximate surface area is 369 Å². The minimum absolute atomic E-state index is 0.562. The zero-order valence-electron chi connectivity index (χ0n) is 34.6. The van der Waals surface area contributed by atoms with E-state index in [1.807, 2.05) is 61.1 Å². The number of para-hydroxylation sites is 3. The fourth-order valence-corrected chi connectivity index (χ4v) is 15.7. The van der Waals surface area contributed by atoms with E-state index in [1.165, 1.54) is 20.7 Å². The molecule has 0 N–H and O–H groups in total. The molecule has 0 saturated carbocycles. The van der Waals surface area contributed by atoms with Crippen molar-refractivity contribution in [3.05, 3.63) is 236 Å². The average molecular weight is 840 g/mol. The number of aromatic nitrogens is 4. The van der Waals surface area contributed by atoms with E-state index in [0.717, 1.165) is 72.0 Å². The summed E-state index contributed by atoms with van der Waals surface area (Å²) in [6.07, 6.45) is 4.28. The second kappa shape index (κ2) is 14.2. The predicted molar refractivity (Wildman–Crippen MR) is 264 cm³/mol. The van der Waals surface area contributed by atoms with Gasteiger partial charge in [-0.15, -0.1) is 0 Å². The summed E-state index contributed by atoms with van der Waals surface area (Å²) in [4.78, 5) is 12.4. The van der Waals surface area contributed by atoms with Gasteiger partial charge in [-0.25, -0.2) is 14.4 Å². The minimum atomic E-state index is -3.09. The molecule has 0 bridgehead atoms. The third-order valence-corrected chi connectivity index (χ3v) is 18.2. The van der Waals surface area contributed by atoms with Crippen LogP contribution in [0.3, 0.4) is 0 Å². The van der Waals surface area contributed by atoms with Crippen LogP contribution in [0, 0.1) is 0 Å². The highest BCUT2D eigenvalue weighted by Gasteiger charge is 2.50. The van der Waals surface area contributed by atoms with Crippen LogP contribution in [-0.4, -0.2) is 27.0 Å². The van der Waals surface area contributed by atoms with Crippen molar-refractivity contribution >= 4 is 95.1 Å². The fraction of sp³-hybridized carbons (Fsp3) is 0.0175. The molecule has 302 valence electrons. The third kappa shape index (κ3) is 5.16. The van der Waals surface area contributed by atoms with Crippen LogP contribution in [0.25, 0.3) is 54.8 Å². The van der Waals surface area contributed by atoms with Gasteiger partial charge in [0, 0.05) is 51.5 Å². The Hall–Kier alpha value is -8.13. The van der Waals surface area contributed by atoms with Crippen molar-refractivity contribution in [1.29, 1.82) is 0 Å². The number of nitrogens with zero attached hydrogens (tertiary/aromatic N) is 5. The van der Waals surface area contributed by atoms with E-state index in [-0.39, 0.29) is 0 Å². The number of alkyl halides is 1. The Morgan fingerprint density at radius 3 is 1.86 bits per heavy atom. The molecule has 5 nitrogen and oxygen atoms in total. The molecule has 13 rings (SSSR count). The summed E-state index contributed by atoms with van der Waals surface area (Å²) >= 11 is 0. The van der Waals surface area contributed by atoms with Crippen LogP contribution in [-0.2, 0) is 0 Å². The number of rotatable bonds is 6. The minimum Gasteiger partial charge on any atom is -0.307 e. The Balaban J connectivity index is 1.10. The molecule has 5 heterocycles. The SMILES string of the molecule is FC(c1cccc(N2c3ncccc3[Si](c3ccccc3)(c3ccccc3)c3ccc4c5ccccc5n(-c5ccccc5)c4c32)c1)c1ccc2c3ccccc3n3ccnc3c2c1. The fourth-order valence-electron chi connectivity index (χ4n) is 10.7. The number of pyridine rings is 2. The lowest BCUT2D eigenvalue weighted by atomic mass is 9.97. The van der Waals surface area contributed by atoms with E-state index in [1.54, 1.807) is 0 Å². The van der Waals surface area contributed by atoms with E-state index in [9.17, 15) is 0 Å². The van der Waals surface area contributed by atoms with Gasteiger partial charge in [-0.2, -0.15) is 0 Å². The summed E-state index contributed by atoms with van der Waals surface area (Å²) in [5.41, 5.74) is 8.17. The first-order valence-corrected chi connectivity index (χ1v) is 23.7. The first kappa shape index (κ1) is 36.5. The summed E-state index contributed by atoms with van der Waals surface area (Å²) in [5.74, 6) is 0.846. The lowest BCUT2D eigenvalue weighted by Gasteiger charge is -2.44. The van der Waals surface area contributed by atoms with Crippen molar-refractivity contribution in [3.63, 3.8) is 0 Å². The largest absolute Gasteiger partial charge is 0.307 e. The number of fused-ring (bicyclic) bond motifs is 12. The standard InChI is InChI=1S/C57H38FN5Si/c58-53(39-29-30-44-45-24-10-12-26-49(45)61-35-34-60-56(61)48(44)37-39)38-16-14-19-41(36-38)63-55-51(32-31-47-46-25-11-13-27-50(46)62(54(47)55)40-17-4-1-5-18-40)64(42-20-6-2-7-21-42,43-22-8-3-9-23-43)52-28-15-33-59-57(52)63/h1-37,53H. The average Bonchev–Trinajstić information content (AvgIpc) is 4.01. The Bertz CT molecular complexity index is 3730. The summed E-state index contributed by atoms with van der Waals surface area (Å²) in [6, 6.07) is 72.7. The van der Waals surface area contributed by atoms with E-state index in [4.69, 9.17) is 9.97 Å².